The number of ketones is 1. The molecule has 1 heterocycles. The van der Waals surface area contributed by atoms with Gasteiger partial charge in [0, 0.05) is 5.56 Å². The number of thioether (sulfide) groups is 1. The van der Waals surface area contributed by atoms with Crippen LogP contribution in [-0.4, -0.2) is 38.9 Å². The fraction of sp³-hybridized carbons (Fsp3) is 0.222. The quantitative estimate of drug-likeness (QED) is 0.500. The molecule has 3 aromatic rings. The van der Waals surface area contributed by atoms with E-state index in [9.17, 15) is 4.79 Å². The average molecular weight is 354 g/mol. The lowest BCUT2D eigenvalue weighted by atomic mass is 10.1. The van der Waals surface area contributed by atoms with Crippen LogP contribution < -0.4 is 4.74 Å². The van der Waals surface area contributed by atoms with Crippen LogP contribution in [0.25, 0.3) is 5.69 Å². The molecule has 0 radical (unpaired) electrons. The lowest BCUT2D eigenvalue weighted by molar-refractivity contribution is 0.102. The van der Waals surface area contributed by atoms with Crippen molar-refractivity contribution < 1.29 is 9.53 Å². The molecule has 7 heteroatoms. The number of ether oxygens (including phenoxy) is 1. The van der Waals surface area contributed by atoms with Crippen LogP contribution >= 0.6 is 11.8 Å². The lowest BCUT2D eigenvalue weighted by Gasteiger charge is -2.07. The van der Waals surface area contributed by atoms with Crippen molar-refractivity contribution in [2.24, 2.45) is 0 Å². The van der Waals surface area contributed by atoms with Crippen LogP contribution in [0.5, 0.6) is 5.75 Å². The molecule has 0 aliphatic heterocycles. The highest BCUT2D eigenvalue weighted by atomic mass is 32.2. The smallest absolute Gasteiger partial charge is 0.214 e. The summed E-state index contributed by atoms with van der Waals surface area (Å²) in [7, 11) is 1.60. The van der Waals surface area contributed by atoms with Crippen molar-refractivity contribution in [3.63, 3.8) is 0 Å². The molecule has 3 rings (SSSR count). The fourth-order valence-corrected chi connectivity index (χ4v) is 3.06. The molecule has 0 fully saturated rings. The van der Waals surface area contributed by atoms with Crippen molar-refractivity contribution in [3.05, 3.63) is 59.2 Å². The Bertz CT molecular complexity index is 890. The van der Waals surface area contributed by atoms with Gasteiger partial charge in [0.05, 0.1) is 18.6 Å². The van der Waals surface area contributed by atoms with E-state index in [0.717, 1.165) is 11.4 Å². The Morgan fingerprint density at radius 3 is 2.56 bits per heavy atom. The molecule has 0 aliphatic carbocycles. The standard InChI is InChI=1S/C18H18N4O2S/c1-12-4-7-15(10-13(12)2)22-18(19-20-21-22)25-11-17(23)14-5-8-16(24-3)9-6-14/h4-10H,11H2,1-3H3. The van der Waals surface area contributed by atoms with Gasteiger partial charge in [0.15, 0.2) is 5.78 Å². The summed E-state index contributed by atoms with van der Waals surface area (Å²) < 4.78 is 6.76. The number of carbonyl (C=O) groups excluding carboxylic acids is 1. The molecule has 0 unspecified atom stereocenters. The van der Waals surface area contributed by atoms with Crippen LogP contribution in [0, 0.1) is 13.8 Å². The molecule has 2 aromatic carbocycles. The first-order valence-corrected chi connectivity index (χ1v) is 8.73. The summed E-state index contributed by atoms with van der Waals surface area (Å²) in [5.74, 6) is 1.00. The van der Waals surface area contributed by atoms with E-state index in [4.69, 9.17) is 4.74 Å². The van der Waals surface area contributed by atoms with Gasteiger partial charge in [-0.1, -0.05) is 17.8 Å². The number of nitrogens with zero attached hydrogens (tertiary/aromatic N) is 4. The van der Waals surface area contributed by atoms with Gasteiger partial charge in [0.2, 0.25) is 5.16 Å². The first-order chi connectivity index (χ1) is 12.1. The molecule has 0 amide bonds. The fourth-order valence-electron chi connectivity index (χ4n) is 2.28. The van der Waals surface area contributed by atoms with Gasteiger partial charge >= 0.3 is 0 Å². The molecule has 25 heavy (non-hydrogen) atoms. The summed E-state index contributed by atoms with van der Waals surface area (Å²) in [6, 6.07) is 13.1. The van der Waals surface area contributed by atoms with Gasteiger partial charge < -0.3 is 4.74 Å². The first-order valence-electron chi connectivity index (χ1n) is 7.74. The van der Waals surface area contributed by atoms with E-state index in [1.807, 2.05) is 25.1 Å². The zero-order chi connectivity index (χ0) is 17.8. The third kappa shape index (κ3) is 3.88. The molecule has 128 valence electrons. The van der Waals surface area contributed by atoms with E-state index in [-0.39, 0.29) is 11.5 Å². The first kappa shape index (κ1) is 17.2. The Morgan fingerprint density at radius 1 is 1.12 bits per heavy atom. The van der Waals surface area contributed by atoms with E-state index in [2.05, 4.69) is 22.4 Å². The minimum absolute atomic E-state index is 0.0160. The summed E-state index contributed by atoms with van der Waals surface area (Å²) in [6.07, 6.45) is 0. The van der Waals surface area contributed by atoms with Gasteiger partial charge in [-0.15, -0.1) is 5.10 Å². The molecule has 0 aliphatic rings. The van der Waals surface area contributed by atoms with Gasteiger partial charge in [-0.25, -0.2) is 0 Å². The van der Waals surface area contributed by atoms with Gasteiger partial charge in [0.25, 0.3) is 0 Å². The Kier molecular flexibility index (Phi) is 5.14. The SMILES string of the molecule is COc1ccc(C(=O)CSc2nnnn2-c2ccc(C)c(C)c2)cc1. The lowest BCUT2D eigenvalue weighted by Crippen LogP contribution is -2.05. The molecule has 0 spiro atoms. The van der Waals surface area contributed by atoms with Crippen molar-refractivity contribution in [1.82, 2.24) is 20.2 Å². The van der Waals surface area contributed by atoms with Gasteiger partial charge in [-0.2, -0.15) is 4.68 Å². The highest BCUT2D eigenvalue weighted by Crippen LogP contribution is 2.21. The Morgan fingerprint density at radius 2 is 1.88 bits per heavy atom. The number of hydrogen-bond acceptors (Lipinski definition) is 6. The number of tetrazole rings is 1. The summed E-state index contributed by atoms with van der Waals surface area (Å²) in [5.41, 5.74) is 3.89. The normalized spacial score (nSPS) is 10.7. The zero-order valence-corrected chi connectivity index (χ0v) is 15.1. The maximum atomic E-state index is 12.3. The van der Waals surface area contributed by atoms with E-state index >= 15 is 0 Å². The van der Waals surface area contributed by atoms with Crippen molar-refractivity contribution in [2.75, 3.05) is 12.9 Å². The Labute approximate surface area is 150 Å². The van der Waals surface area contributed by atoms with Crippen LogP contribution in [0.3, 0.4) is 0 Å². The average Bonchev–Trinajstić information content (AvgIpc) is 3.10. The van der Waals surface area contributed by atoms with Gasteiger partial charge in [-0.05, 0) is 71.8 Å². The highest BCUT2D eigenvalue weighted by Gasteiger charge is 2.13. The summed E-state index contributed by atoms with van der Waals surface area (Å²) in [6.45, 7) is 4.10. The number of methoxy groups -OCH3 is 1. The number of aryl methyl sites for hydroxylation is 2. The molecular weight excluding hydrogens is 336 g/mol. The molecule has 0 atom stereocenters. The van der Waals surface area contributed by atoms with Crippen molar-refractivity contribution in [2.45, 2.75) is 19.0 Å². The van der Waals surface area contributed by atoms with Crippen LogP contribution in [0.1, 0.15) is 21.5 Å². The molecule has 0 saturated heterocycles. The Hall–Kier alpha value is -2.67. The largest absolute Gasteiger partial charge is 0.497 e. The molecule has 0 N–H and O–H groups in total. The summed E-state index contributed by atoms with van der Waals surface area (Å²) in [4.78, 5) is 12.3. The van der Waals surface area contributed by atoms with E-state index in [1.165, 1.54) is 22.9 Å². The van der Waals surface area contributed by atoms with Crippen LogP contribution in [0.2, 0.25) is 0 Å². The second-order valence-electron chi connectivity index (χ2n) is 5.58. The predicted molar refractivity (Wildman–Crippen MR) is 96.7 cm³/mol. The third-order valence-electron chi connectivity index (χ3n) is 3.92. The maximum absolute atomic E-state index is 12.3. The molecule has 0 saturated carbocycles. The van der Waals surface area contributed by atoms with Crippen LogP contribution in [0.4, 0.5) is 0 Å². The van der Waals surface area contributed by atoms with Crippen molar-refractivity contribution >= 4 is 17.5 Å². The van der Waals surface area contributed by atoms with Gasteiger partial charge in [0.1, 0.15) is 5.75 Å². The minimum Gasteiger partial charge on any atom is -0.497 e. The van der Waals surface area contributed by atoms with E-state index in [1.54, 1.807) is 36.1 Å². The molecule has 6 nitrogen and oxygen atoms in total. The number of Topliss-reactive ketones (excluding diaryl/α,β-unsaturated/α-hetero) is 1. The Balaban J connectivity index is 1.72. The number of aromatic nitrogens is 4. The highest BCUT2D eigenvalue weighted by molar-refractivity contribution is 7.99. The molecule has 1 aromatic heterocycles. The van der Waals surface area contributed by atoms with Crippen LogP contribution in [0.15, 0.2) is 47.6 Å². The molecule has 0 bridgehead atoms. The predicted octanol–water partition coefficient (Wildman–Crippen LogP) is 3.26. The second kappa shape index (κ2) is 7.48. The number of rotatable bonds is 6. The minimum atomic E-state index is 0.0160. The number of benzene rings is 2. The monoisotopic (exact) mass is 354 g/mol. The van der Waals surface area contributed by atoms with E-state index < -0.39 is 0 Å². The topological polar surface area (TPSA) is 69.9 Å². The second-order valence-corrected chi connectivity index (χ2v) is 6.52. The van der Waals surface area contributed by atoms with Crippen molar-refractivity contribution in [1.29, 1.82) is 0 Å². The molecular formula is C18H18N4O2S. The van der Waals surface area contributed by atoms with Gasteiger partial charge in [-0.3, -0.25) is 4.79 Å². The zero-order valence-electron chi connectivity index (χ0n) is 14.3. The maximum Gasteiger partial charge on any atom is 0.214 e. The number of carbonyl (C=O) groups is 1. The third-order valence-corrected chi connectivity index (χ3v) is 4.84. The van der Waals surface area contributed by atoms with E-state index in [0.29, 0.717) is 10.7 Å². The van der Waals surface area contributed by atoms with Crippen molar-refractivity contribution in [3.8, 4) is 11.4 Å². The van der Waals surface area contributed by atoms with Crippen LogP contribution in [-0.2, 0) is 0 Å². The number of hydrogen-bond donors (Lipinski definition) is 0. The summed E-state index contributed by atoms with van der Waals surface area (Å²) in [5, 5.41) is 12.4. The summed E-state index contributed by atoms with van der Waals surface area (Å²) >= 11 is 1.32.